The summed E-state index contributed by atoms with van der Waals surface area (Å²) in [7, 11) is 0. The van der Waals surface area contributed by atoms with Crippen LogP contribution in [0.3, 0.4) is 0 Å². The van der Waals surface area contributed by atoms with Gasteiger partial charge in [0, 0.05) is 50.3 Å². The molecule has 0 spiro atoms. The van der Waals surface area contributed by atoms with E-state index in [-0.39, 0.29) is 34.7 Å². The van der Waals surface area contributed by atoms with Gasteiger partial charge in [0.1, 0.15) is 5.82 Å². The minimum Gasteiger partial charge on any atom is -0.355 e. The van der Waals surface area contributed by atoms with Gasteiger partial charge in [0.15, 0.2) is 0 Å². The van der Waals surface area contributed by atoms with Crippen molar-refractivity contribution in [3.8, 4) is 0 Å². The van der Waals surface area contributed by atoms with Crippen molar-refractivity contribution in [1.29, 1.82) is 0 Å². The predicted molar refractivity (Wildman–Crippen MR) is 121 cm³/mol. The number of hydrogen-bond donors (Lipinski definition) is 1. The number of amides is 2. The van der Waals surface area contributed by atoms with Crippen molar-refractivity contribution in [2.75, 3.05) is 31.1 Å². The number of carbonyl (C=O) groups is 2. The van der Waals surface area contributed by atoms with Gasteiger partial charge in [0.05, 0.1) is 10.6 Å². The minimum atomic E-state index is -4.49. The second-order valence-corrected chi connectivity index (χ2v) is 9.32. The average molecular weight is 489 g/mol. The van der Waals surface area contributed by atoms with Gasteiger partial charge in [0.2, 0.25) is 11.8 Å². The summed E-state index contributed by atoms with van der Waals surface area (Å²) < 4.78 is 38.5. The summed E-state index contributed by atoms with van der Waals surface area (Å²) in [6.07, 6.45) is 0.657. The van der Waals surface area contributed by atoms with E-state index in [1.54, 1.807) is 0 Å². The standard InChI is InChI=1S/C23H32ClF3N4O2/c1-3-15(4-2)22(33)31-11-7-18(8-12-31)29-21(32)16-5-9-30(10-6-16)20-19(24)13-17(14-28-20)23(25,26)27/h13-16,18H,3-12H2,1-2H3,(H,29,32). The van der Waals surface area contributed by atoms with Gasteiger partial charge in [-0.1, -0.05) is 25.4 Å². The second-order valence-electron chi connectivity index (χ2n) is 8.91. The Morgan fingerprint density at radius 3 is 2.24 bits per heavy atom. The molecule has 6 nitrogen and oxygen atoms in total. The van der Waals surface area contributed by atoms with Gasteiger partial charge >= 0.3 is 6.18 Å². The first-order valence-electron chi connectivity index (χ1n) is 11.7. The number of alkyl halides is 3. The van der Waals surface area contributed by atoms with Gasteiger partial charge in [0.25, 0.3) is 0 Å². The Balaban J connectivity index is 1.46. The number of rotatable bonds is 6. The summed E-state index contributed by atoms with van der Waals surface area (Å²) in [6, 6.07) is 0.954. The highest BCUT2D eigenvalue weighted by atomic mass is 35.5. The highest BCUT2D eigenvalue weighted by Gasteiger charge is 2.33. The van der Waals surface area contributed by atoms with Crippen LogP contribution in [0, 0.1) is 11.8 Å². The molecule has 0 saturated carbocycles. The van der Waals surface area contributed by atoms with Crippen LogP contribution in [0.25, 0.3) is 0 Å². The quantitative estimate of drug-likeness (QED) is 0.639. The number of nitrogens with zero attached hydrogens (tertiary/aromatic N) is 3. The van der Waals surface area contributed by atoms with Gasteiger partial charge in [-0.15, -0.1) is 0 Å². The molecular formula is C23H32ClF3N4O2. The van der Waals surface area contributed by atoms with E-state index in [9.17, 15) is 22.8 Å². The zero-order valence-corrected chi connectivity index (χ0v) is 19.9. The summed E-state index contributed by atoms with van der Waals surface area (Å²) in [5, 5.41) is 3.09. The summed E-state index contributed by atoms with van der Waals surface area (Å²) >= 11 is 6.06. The van der Waals surface area contributed by atoms with E-state index in [1.807, 2.05) is 23.6 Å². The second kappa shape index (κ2) is 10.9. The number of nitrogens with one attached hydrogen (secondary N) is 1. The maximum Gasteiger partial charge on any atom is 0.417 e. The molecule has 2 amide bonds. The van der Waals surface area contributed by atoms with Gasteiger partial charge < -0.3 is 15.1 Å². The first kappa shape index (κ1) is 25.6. The van der Waals surface area contributed by atoms with Crippen molar-refractivity contribution in [3.63, 3.8) is 0 Å². The lowest BCUT2D eigenvalue weighted by Gasteiger charge is -2.36. The monoisotopic (exact) mass is 488 g/mol. The number of likely N-dealkylation sites (tertiary alicyclic amines) is 1. The molecule has 0 aliphatic carbocycles. The fourth-order valence-corrected chi connectivity index (χ4v) is 4.92. The smallest absolute Gasteiger partial charge is 0.355 e. The van der Waals surface area contributed by atoms with Crippen LogP contribution in [0.5, 0.6) is 0 Å². The van der Waals surface area contributed by atoms with E-state index in [0.29, 0.717) is 44.8 Å². The molecule has 1 aromatic heterocycles. The summed E-state index contributed by atoms with van der Waals surface area (Å²) in [4.78, 5) is 33.0. The number of anilines is 1. The van der Waals surface area contributed by atoms with Crippen LogP contribution < -0.4 is 10.2 Å². The Bertz CT molecular complexity index is 831. The molecule has 0 bridgehead atoms. The van der Waals surface area contributed by atoms with Crippen LogP contribution in [0.1, 0.15) is 57.9 Å². The molecular weight excluding hydrogens is 457 g/mol. The summed E-state index contributed by atoms with van der Waals surface area (Å²) in [6.45, 7) is 6.39. The van der Waals surface area contributed by atoms with Gasteiger partial charge in [-0.2, -0.15) is 13.2 Å². The predicted octanol–water partition coefficient (Wildman–Crippen LogP) is 4.51. The van der Waals surface area contributed by atoms with Crippen molar-refractivity contribution in [1.82, 2.24) is 15.2 Å². The van der Waals surface area contributed by atoms with Crippen molar-refractivity contribution in [3.05, 3.63) is 22.8 Å². The molecule has 33 heavy (non-hydrogen) atoms. The zero-order chi connectivity index (χ0) is 24.2. The molecule has 2 aliphatic rings. The maximum atomic E-state index is 12.8. The van der Waals surface area contributed by atoms with Crippen LogP contribution in [0.15, 0.2) is 12.3 Å². The number of aromatic nitrogens is 1. The number of pyridine rings is 1. The molecule has 0 unspecified atom stereocenters. The van der Waals surface area contributed by atoms with Crippen LogP contribution >= 0.6 is 11.6 Å². The van der Waals surface area contributed by atoms with Gasteiger partial charge in [-0.05, 0) is 44.6 Å². The highest BCUT2D eigenvalue weighted by molar-refractivity contribution is 6.33. The Labute approximate surface area is 197 Å². The molecule has 2 fully saturated rings. The molecule has 3 heterocycles. The van der Waals surface area contributed by atoms with Crippen LogP contribution in [0.2, 0.25) is 5.02 Å². The van der Waals surface area contributed by atoms with Gasteiger partial charge in [-0.25, -0.2) is 4.98 Å². The Hall–Kier alpha value is -2.03. The lowest BCUT2D eigenvalue weighted by molar-refractivity contribution is -0.138. The highest BCUT2D eigenvalue weighted by Crippen LogP contribution is 2.34. The number of hydrogen-bond acceptors (Lipinski definition) is 4. The average Bonchev–Trinajstić information content (AvgIpc) is 2.79. The molecule has 2 saturated heterocycles. The van der Waals surface area contributed by atoms with Crippen molar-refractivity contribution in [2.45, 2.75) is 64.6 Å². The molecule has 1 N–H and O–H groups in total. The third-order valence-corrected chi connectivity index (χ3v) is 7.08. The van der Waals surface area contributed by atoms with E-state index in [2.05, 4.69) is 10.3 Å². The largest absolute Gasteiger partial charge is 0.417 e. The van der Waals surface area contributed by atoms with E-state index in [4.69, 9.17) is 11.6 Å². The topological polar surface area (TPSA) is 65.5 Å². The summed E-state index contributed by atoms with van der Waals surface area (Å²) in [5.74, 6) is 0.462. The Kier molecular flexibility index (Phi) is 8.48. The van der Waals surface area contributed by atoms with E-state index in [1.165, 1.54) is 0 Å². The van der Waals surface area contributed by atoms with E-state index < -0.39 is 11.7 Å². The van der Waals surface area contributed by atoms with Crippen LogP contribution in [-0.4, -0.2) is 53.9 Å². The molecule has 0 aromatic carbocycles. The molecule has 10 heteroatoms. The molecule has 1 aromatic rings. The number of carbonyl (C=O) groups excluding carboxylic acids is 2. The third-order valence-electron chi connectivity index (χ3n) is 6.80. The Morgan fingerprint density at radius 1 is 1.12 bits per heavy atom. The minimum absolute atomic E-state index is 0.00546. The first-order chi connectivity index (χ1) is 15.6. The van der Waals surface area contributed by atoms with E-state index in [0.717, 1.165) is 37.9 Å². The molecule has 3 rings (SSSR count). The summed E-state index contributed by atoms with van der Waals surface area (Å²) in [5.41, 5.74) is -0.877. The van der Waals surface area contributed by atoms with Crippen LogP contribution in [-0.2, 0) is 15.8 Å². The lowest BCUT2D eigenvalue weighted by Crippen LogP contribution is -2.50. The lowest BCUT2D eigenvalue weighted by atomic mass is 9.94. The zero-order valence-electron chi connectivity index (χ0n) is 19.1. The normalized spacial score (nSPS) is 18.6. The molecule has 184 valence electrons. The fourth-order valence-electron chi connectivity index (χ4n) is 4.63. The molecule has 2 aliphatic heterocycles. The number of piperidine rings is 2. The van der Waals surface area contributed by atoms with Crippen molar-refractivity contribution < 1.29 is 22.8 Å². The fraction of sp³-hybridized carbons (Fsp3) is 0.696. The Morgan fingerprint density at radius 2 is 1.73 bits per heavy atom. The van der Waals surface area contributed by atoms with Crippen molar-refractivity contribution >= 4 is 29.2 Å². The van der Waals surface area contributed by atoms with Crippen molar-refractivity contribution in [2.24, 2.45) is 11.8 Å². The molecule has 0 atom stereocenters. The first-order valence-corrected chi connectivity index (χ1v) is 12.1. The van der Waals surface area contributed by atoms with E-state index >= 15 is 0 Å². The van der Waals surface area contributed by atoms with Crippen LogP contribution in [0.4, 0.5) is 19.0 Å². The third kappa shape index (κ3) is 6.31. The van der Waals surface area contributed by atoms with Gasteiger partial charge in [-0.3, -0.25) is 9.59 Å². The molecule has 0 radical (unpaired) electrons. The maximum absolute atomic E-state index is 12.8. The number of halogens is 4. The SMILES string of the molecule is CCC(CC)C(=O)N1CCC(NC(=O)C2CCN(c3ncc(C(F)(F)F)cc3Cl)CC2)CC1.